The molecule has 244 valence electrons. The second-order valence-corrected chi connectivity index (χ2v) is 14.9. The number of carbonyl (C=O) groups is 2. The number of fused-ring (bicyclic) bond motifs is 2. The number of hydrogen-bond acceptors (Lipinski definition) is 5. The van der Waals surface area contributed by atoms with Gasteiger partial charge in [0.25, 0.3) is 0 Å². The third-order valence-corrected chi connectivity index (χ3v) is 8.30. The Bertz CT molecular complexity index is 1560. The van der Waals surface area contributed by atoms with Crippen molar-refractivity contribution in [1.82, 2.24) is 29.2 Å². The molecule has 3 aromatic rings. The van der Waals surface area contributed by atoms with Gasteiger partial charge >= 0.3 is 12.2 Å². The van der Waals surface area contributed by atoms with Crippen LogP contribution in [0.1, 0.15) is 91.4 Å². The Morgan fingerprint density at radius 2 is 1.69 bits per heavy atom. The maximum Gasteiger partial charge on any atom is 0.434 e. The van der Waals surface area contributed by atoms with E-state index >= 15 is 0 Å². The van der Waals surface area contributed by atoms with E-state index < -0.39 is 28.7 Å². The van der Waals surface area contributed by atoms with Gasteiger partial charge in [0.1, 0.15) is 5.82 Å². The van der Waals surface area contributed by atoms with Gasteiger partial charge in [-0.05, 0) is 91.6 Å². The van der Waals surface area contributed by atoms with E-state index in [-0.39, 0.29) is 12.0 Å². The number of hydrogen-bond donors (Lipinski definition) is 2. The minimum atomic E-state index is -1.45. The molecular weight excluding hydrogens is 570 g/mol. The topological polar surface area (TPSA) is 127 Å². The van der Waals surface area contributed by atoms with E-state index in [4.69, 9.17) is 9.97 Å². The summed E-state index contributed by atoms with van der Waals surface area (Å²) in [4.78, 5) is 43.4. The van der Waals surface area contributed by atoms with Crippen LogP contribution in [0.5, 0.6) is 0 Å². The first-order valence-electron chi connectivity index (χ1n) is 15.6. The van der Waals surface area contributed by atoms with E-state index in [0.29, 0.717) is 19.6 Å². The van der Waals surface area contributed by atoms with Gasteiger partial charge < -0.3 is 19.7 Å². The van der Waals surface area contributed by atoms with Crippen molar-refractivity contribution in [2.24, 2.45) is 10.4 Å². The molecule has 1 aliphatic rings. The van der Waals surface area contributed by atoms with Crippen molar-refractivity contribution < 1.29 is 19.8 Å². The highest BCUT2D eigenvalue weighted by Crippen LogP contribution is 2.34. The Balaban J connectivity index is 1.71. The van der Waals surface area contributed by atoms with Crippen LogP contribution < -0.4 is 0 Å². The summed E-state index contributed by atoms with van der Waals surface area (Å²) in [5, 5.41) is 20.0. The first-order valence-corrected chi connectivity index (χ1v) is 15.6. The maximum atomic E-state index is 12.5. The Labute approximate surface area is 266 Å². The summed E-state index contributed by atoms with van der Waals surface area (Å²) in [6.45, 7) is 16.7. The SMILES string of the molecule is CN(Cc1nc2ccccc2n1CC(C)(C)CN(C(=NC(=O)O)N(C(=O)O)C(C)(C)C)C(C)(C)C)C1CCCc2cccnc21. The van der Waals surface area contributed by atoms with E-state index in [1.807, 2.05) is 51.2 Å². The van der Waals surface area contributed by atoms with Crippen molar-refractivity contribution in [2.45, 2.75) is 105 Å². The van der Waals surface area contributed by atoms with Crippen molar-refractivity contribution in [1.29, 1.82) is 0 Å². The minimum absolute atomic E-state index is 0.109. The van der Waals surface area contributed by atoms with Crippen molar-refractivity contribution in [2.75, 3.05) is 13.6 Å². The zero-order valence-corrected chi connectivity index (χ0v) is 28.2. The molecule has 11 nitrogen and oxygen atoms in total. The number of imidazole rings is 1. The summed E-state index contributed by atoms with van der Waals surface area (Å²) < 4.78 is 2.25. The number of aryl methyl sites for hydroxylation is 1. The van der Waals surface area contributed by atoms with Crippen LogP contribution in [0, 0.1) is 5.41 Å². The molecule has 1 unspecified atom stereocenters. The highest BCUT2D eigenvalue weighted by Gasteiger charge is 2.41. The van der Waals surface area contributed by atoms with E-state index in [1.54, 1.807) is 25.7 Å². The molecule has 0 bridgehead atoms. The fourth-order valence-electron chi connectivity index (χ4n) is 6.27. The van der Waals surface area contributed by atoms with E-state index in [0.717, 1.165) is 46.7 Å². The predicted molar refractivity (Wildman–Crippen MR) is 176 cm³/mol. The minimum Gasteiger partial charge on any atom is -0.465 e. The number of pyridine rings is 1. The Hall–Kier alpha value is -3.99. The summed E-state index contributed by atoms with van der Waals surface area (Å²) in [6.07, 6.45) is 2.36. The molecule has 45 heavy (non-hydrogen) atoms. The highest BCUT2D eigenvalue weighted by molar-refractivity contribution is 5.99. The fourth-order valence-corrected chi connectivity index (χ4v) is 6.27. The van der Waals surface area contributed by atoms with Gasteiger partial charge in [-0.25, -0.2) is 19.5 Å². The molecule has 1 atom stereocenters. The number of amides is 2. The van der Waals surface area contributed by atoms with Crippen LogP contribution in [0.2, 0.25) is 0 Å². The molecule has 1 aromatic carbocycles. The lowest BCUT2D eigenvalue weighted by atomic mass is 9.89. The molecular formula is C34H49N7O4. The molecule has 1 aliphatic carbocycles. The summed E-state index contributed by atoms with van der Waals surface area (Å²) in [5.41, 5.74) is 2.32. The number of aromatic nitrogens is 3. The van der Waals surface area contributed by atoms with Crippen LogP contribution >= 0.6 is 0 Å². The lowest BCUT2D eigenvalue weighted by Crippen LogP contribution is -2.61. The van der Waals surface area contributed by atoms with E-state index in [9.17, 15) is 19.8 Å². The number of para-hydroxylation sites is 2. The van der Waals surface area contributed by atoms with Crippen LogP contribution in [0.3, 0.4) is 0 Å². The third kappa shape index (κ3) is 7.81. The Morgan fingerprint density at radius 3 is 2.31 bits per heavy atom. The van der Waals surface area contributed by atoms with Gasteiger partial charge in [-0.2, -0.15) is 0 Å². The number of guanidine groups is 1. The van der Waals surface area contributed by atoms with Crippen LogP contribution in [-0.2, 0) is 19.5 Å². The van der Waals surface area contributed by atoms with Gasteiger partial charge in [-0.1, -0.05) is 32.0 Å². The molecule has 0 aliphatic heterocycles. The number of rotatable bonds is 7. The molecule has 0 radical (unpaired) electrons. The normalized spacial score (nSPS) is 16.1. The van der Waals surface area contributed by atoms with E-state index in [1.165, 1.54) is 5.56 Å². The van der Waals surface area contributed by atoms with Crippen molar-refractivity contribution in [3.05, 3.63) is 59.7 Å². The number of benzene rings is 1. The molecule has 0 spiro atoms. The Kier molecular flexibility index (Phi) is 9.63. The Morgan fingerprint density at radius 1 is 1.00 bits per heavy atom. The van der Waals surface area contributed by atoms with Gasteiger partial charge in [-0.15, -0.1) is 4.99 Å². The second kappa shape index (κ2) is 12.8. The van der Waals surface area contributed by atoms with Crippen LogP contribution in [0.15, 0.2) is 47.6 Å². The van der Waals surface area contributed by atoms with Gasteiger partial charge in [0.15, 0.2) is 0 Å². The van der Waals surface area contributed by atoms with Gasteiger partial charge in [0.05, 0.1) is 29.3 Å². The maximum absolute atomic E-state index is 12.5. The summed E-state index contributed by atoms with van der Waals surface area (Å²) in [5.74, 6) is 0.820. The van der Waals surface area contributed by atoms with E-state index in [2.05, 4.69) is 47.5 Å². The molecule has 11 heteroatoms. The monoisotopic (exact) mass is 619 g/mol. The third-order valence-electron chi connectivity index (χ3n) is 8.30. The average molecular weight is 620 g/mol. The molecule has 2 heterocycles. The average Bonchev–Trinajstić information content (AvgIpc) is 3.25. The van der Waals surface area contributed by atoms with Crippen LogP contribution in [-0.4, -0.2) is 82.3 Å². The van der Waals surface area contributed by atoms with Gasteiger partial charge in [0.2, 0.25) is 5.96 Å². The summed E-state index contributed by atoms with van der Waals surface area (Å²) >= 11 is 0. The lowest BCUT2D eigenvalue weighted by Gasteiger charge is -2.47. The molecule has 2 aromatic heterocycles. The van der Waals surface area contributed by atoms with Crippen LogP contribution in [0.25, 0.3) is 11.0 Å². The summed E-state index contributed by atoms with van der Waals surface area (Å²) in [7, 11) is 2.13. The summed E-state index contributed by atoms with van der Waals surface area (Å²) in [6, 6.07) is 12.5. The van der Waals surface area contributed by atoms with Crippen molar-refractivity contribution in [3.63, 3.8) is 0 Å². The zero-order chi connectivity index (χ0) is 33.3. The molecule has 2 amide bonds. The molecule has 4 rings (SSSR count). The number of carboxylic acid groups (broad SMARTS) is 2. The van der Waals surface area contributed by atoms with Gasteiger partial charge in [0, 0.05) is 35.8 Å². The first-order chi connectivity index (χ1) is 20.9. The van der Waals surface area contributed by atoms with Gasteiger partial charge in [-0.3, -0.25) is 9.88 Å². The molecule has 2 N–H and O–H groups in total. The van der Waals surface area contributed by atoms with Crippen LogP contribution in [0.4, 0.5) is 9.59 Å². The van der Waals surface area contributed by atoms with Crippen molar-refractivity contribution in [3.8, 4) is 0 Å². The quantitative estimate of drug-likeness (QED) is 0.216. The fraction of sp³-hybridized carbons (Fsp3) is 0.559. The lowest BCUT2D eigenvalue weighted by molar-refractivity contribution is 0.0984. The molecule has 0 saturated carbocycles. The first kappa shape index (κ1) is 33.9. The predicted octanol–water partition coefficient (Wildman–Crippen LogP) is 6.88. The molecule has 0 saturated heterocycles. The standard InChI is InChI=1S/C34H49N7O4/c1-32(2,3)40(29(37-30(42)43)41(31(44)45)33(4,5)6)22-34(7,8)21-39-25-17-11-10-16-24(25)36-27(39)20-38(9)26-18-12-14-23-15-13-19-35-28(23)26/h10-11,13,15-17,19,26H,12,14,18,20-22H2,1-9H3,(H,42,43)(H,44,45). The second-order valence-electron chi connectivity index (χ2n) is 14.9. The van der Waals surface area contributed by atoms with Crippen molar-refractivity contribution >= 4 is 29.2 Å². The largest absolute Gasteiger partial charge is 0.465 e. The number of nitrogens with zero attached hydrogens (tertiary/aromatic N) is 7. The highest BCUT2D eigenvalue weighted by atomic mass is 16.4. The zero-order valence-electron chi connectivity index (χ0n) is 28.2. The number of aliphatic imine (C=N–C) groups is 1. The molecule has 0 fully saturated rings. The smallest absolute Gasteiger partial charge is 0.434 e.